The van der Waals surface area contributed by atoms with Crippen LogP contribution in [0, 0.1) is 28.1 Å². The Bertz CT molecular complexity index is 1240. The molecule has 41 heavy (non-hydrogen) atoms. The largest absolute Gasteiger partial charge is 0.401 e. The Kier molecular flexibility index (Phi) is 11.2. The van der Waals surface area contributed by atoms with Crippen molar-refractivity contribution < 1.29 is 13.6 Å². The van der Waals surface area contributed by atoms with E-state index in [1.165, 1.54) is 11.2 Å². The van der Waals surface area contributed by atoms with Gasteiger partial charge >= 0.3 is 0 Å². The van der Waals surface area contributed by atoms with E-state index < -0.39 is 30.7 Å². The molecule has 4 rings (SSSR count). The van der Waals surface area contributed by atoms with Crippen LogP contribution in [0.4, 0.5) is 20.4 Å². The quantitative estimate of drug-likeness (QED) is 0.297. The van der Waals surface area contributed by atoms with Crippen LogP contribution in [-0.4, -0.2) is 66.3 Å². The number of carbonyl (C=O) groups is 1. The highest BCUT2D eigenvalue weighted by Crippen LogP contribution is 2.55. The van der Waals surface area contributed by atoms with E-state index in [-0.39, 0.29) is 17.7 Å². The summed E-state index contributed by atoms with van der Waals surface area (Å²) < 4.78 is 27.1. The molecule has 1 aromatic heterocycles. The smallest absolute Gasteiger partial charge is 0.248 e. The number of nitrogens with two attached hydrogens (primary N) is 2. The number of anilines is 2. The molecule has 2 fully saturated rings. The molecule has 3 heterocycles. The highest BCUT2D eigenvalue weighted by molar-refractivity contribution is 5.86. The van der Waals surface area contributed by atoms with Gasteiger partial charge in [0.1, 0.15) is 43.1 Å². The molecule has 10 nitrogen and oxygen atoms in total. The van der Waals surface area contributed by atoms with Gasteiger partial charge in [-0.05, 0) is 32.8 Å². The fourth-order valence-electron chi connectivity index (χ4n) is 5.52. The second-order valence-corrected chi connectivity index (χ2v) is 10.2. The second-order valence-electron chi connectivity index (χ2n) is 10.2. The molecule has 4 N–H and O–H groups in total. The molecule has 0 unspecified atom stereocenters. The third-order valence-corrected chi connectivity index (χ3v) is 7.75. The van der Waals surface area contributed by atoms with Crippen LogP contribution in [0.5, 0.6) is 0 Å². The molecule has 1 aromatic rings. The predicted octanol–water partition coefficient (Wildman–Crippen LogP) is 3.59. The molecular weight excluding hydrogens is 528 g/mol. The number of alkyl halides is 2. The Hall–Kier alpha value is -4.19. The van der Waals surface area contributed by atoms with E-state index in [2.05, 4.69) is 28.0 Å². The Labute approximate surface area is 241 Å². The van der Waals surface area contributed by atoms with Crippen LogP contribution in [0.15, 0.2) is 42.7 Å². The van der Waals surface area contributed by atoms with Crippen molar-refractivity contribution in [1.82, 2.24) is 14.9 Å². The standard InChI is InChI=1S/C25H31F2N9O.C2H6.C2H4/c1-16-10-34(6-7-35(16)23(37)25(11-26,12-27)13-29)21-20-22(33-15-32-21)36(14-24(20)4-3-5-24)19(17(2)30)8-18(31)9-28;2*1-2/h8,15-16H,3-7,10-12,14,30-31H2,1-2H3;1-2H3;1-2H2/b18-8-,19-17+;;/t16-;;/m1../s1. The summed E-state index contributed by atoms with van der Waals surface area (Å²) >= 11 is 0. The predicted molar refractivity (Wildman–Crippen MR) is 156 cm³/mol. The van der Waals surface area contributed by atoms with Crippen LogP contribution in [0.2, 0.25) is 0 Å². The fraction of sp³-hybridized carbons (Fsp3) is 0.552. The summed E-state index contributed by atoms with van der Waals surface area (Å²) in [5.74, 6) is 0.632. The van der Waals surface area contributed by atoms with E-state index in [1.54, 1.807) is 26.0 Å². The van der Waals surface area contributed by atoms with Crippen LogP contribution in [-0.2, 0) is 10.2 Å². The van der Waals surface area contributed by atoms with Crippen molar-refractivity contribution in [1.29, 1.82) is 10.5 Å². The van der Waals surface area contributed by atoms with Crippen molar-refractivity contribution in [2.24, 2.45) is 16.9 Å². The van der Waals surface area contributed by atoms with Gasteiger partial charge in [-0.2, -0.15) is 10.5 Å². The number of fused-ring (bicyclic) bond motifs is 2. The number of nitrogens with zero attached hydrogens (tertiary/aromatic N) is 7. The Balaban J connectivity index is 0.00000141. The van der Waals surface area contributed by atoms with E-state index in [0.717, 1.165) is 30.6 Å². The molecule has 1 saturated heterocycles. The maximum atomic E-state index is 13.5. The summed E-state index contributed by atoms with van der Waals surface area (Å²) in [6.45, 7) is 12.4. The first-order valence-corrected chi connectivity index (χ1v) is 13.7. The first-order chi connectivity index (χ1) is 19.7. The zero-order valence-electron chi connectivity index (χ0n) is 24.5. The number of nitriles is 2. The van der Waals surface area contributed by atoms with Crippen molar-refractivity contribution in [3.05, 3.63) is 48.2 Å². The van der Waals surface area contributed by atoms with Crippen molar-refractivity contribution in [3.63, 3.8) is 0 Å². The van der Waals surface area contributed by atoms with Gasteiger partial charge < -0.3 is 26.2 Å². The summed E-state index contributed by atoms with van der Waals surface area (Å²) in [6, 6.07) is 3.09. The van der Waals surface area contributed by atoms with Gasteiger partial charge in [0.05, 0.1) is 11.8 Å². The summed E-state index contributed by atoms with van der Waals surface area (Å²) in [5.41, 5.74) is 11.7. The number of rotatable bonds is 6. The zero-order chi connectivity index (χ0) is 31.0. The van der Waals surface area contributed by atoms with Crippen LogP contribution < -0.4 is 21.3 Å². The molecular formula is C29H41F2N9O. The van der Waals surface area contributed by atoms with Gasteiger partial charge in [-0.25, -0.2) is 18.7 Å². The molecule has 1 saturated carbocycles. The molecule has 0 radical (unpaired) electrons. The topological polar surface area (TPSA) is 152 Å². The lowest BCUT2D eigenvalue weighted by Crippen LogP contribution is -2.58. The van der Waals surface area contributed by atoms with Gasteiger partial charge in [0.2, 0.25) is 5.91 Å². The monoisotopic (exact) mass is 569 g/mol. The zero-order valence-corrected chi connectivity index (χ0v) is 24.5. The number of hydrogen-bond donors (Lipinski definition) is 2. The Morgan fingerprint density at radius 3 is 2.27 bits per heavy atom. The third-order valence-electron chi connectivity index (χ3n) is 7.75. The lowest BCUT2D eigenvalue weighted by molar-refractivity contribution is -0.143. The first-order valence-electron chi connectivity index (χ1n) is 13.7. The Morgan fingerprint density at radius 1 is 1.20 bits per heavy atom. The fourth-order valence-corrected chi connectivity index (χ4v) is 5.52. The highest BCUT2D eigenvalue weighted by Gasteiger charge is 2.52. The van der Waals surface area contributed by atoms with Gasteiger partial charge in [0.25, 0.3) is 0 Å². The summed E-state index contributed by atoms with van der Waals surface area (Å²) in [4.78, 5) is 27.6. The molecule has 0 aromatic carbocycles. The second kappa shape index (κ2) is 13.9. The SMILES string of the molecule is C/C(N)=C(/C=C(\N)C#N)N1CC2(CCC2)c2c(N3CCN(C(=O)C(C#N)(CF)CF)[C@H](C)C3)ncnc21.C=C.CC. The molecule has 3 aliphatic rings. The summed E-state index contributed by atoms with van der Waals surface area (Å²) in [5, 5.41) is 18.5. The van der Waals surface area contributed by atoms with Gasteiger partial charge in [-0.1, -0.05) is 20.3 Å². The maximum Gasteiger partial charge on any atom is 0.248 e. The van der Waals surface area contributed by atoms with E-state index in [1.807, 2.05) is 24.8 Å². The number of carbonyl (C=O) groups excluding carboxylic acids is 1. The molecule has 1 aliphatic carbocycles. The summed E-state index contributed by atoms with van der Waals surface area (Å²) in [7, 11) is 0. The van der Waals surface area contributed by atoms with Crippen molar-refractivity contribution in [3.8, 4) is 12.1 Å². The van der Waals surface area contributed by atoms with Crippen LogP contribution >= 0.6 is 0 Å². The number of amides is 1. The molecule has 1 spiro atoms. The van der Waals surface area contributed by atoms with E-state index in [4.69, 9.17) is 11.5 Å². The minimum Gasteiger partial charge on any atom is -0.401 e. The van der Waals surface area contributed by atoms with Crippen molar-refractivity contribution >= 4 is 17.5 Å². The third kappa shape index (κ3) is 5.97. The summed E-state index contributed by atoms with van der Waals surface area (Å²) in [6.07, 6.45) is 5.98. The van der Waals surface area contributed by atoms with Crippen LogP contribution in [0.3, 0.4) is 0 Å². The molecule has 2 aliphatic heterocycles. The number of halogens is 2. The average Bonchev–Trinajstić information content (AvgIpc) is 3.35. The first kappa shape index (κ1) is 33.0. The Morgan fingerprint density at radius 2 is 1.80 bits per heavy atom. The molecule has 222 valence electrons. The average molecular weight is 570 g/mol. The van der Waals surface area contributed by atoms with Gasteiger partial charge in [0.15, 0.2) is 5.41 Å². The molecule has 0 bridgehead atoms. The molecule has 1 amide bonds. The molecule has 12 heteroatoms. The number of hydrogen-bond acceptors (Lipinski definition) is 9. The van der Waals surface area contributed by atoms with Crippen molar-refractivity contribution in [2.75, 3.05) is 49.3 Å². The number of allylic oxidation sites excluding steroid dienone is 3. The van der Waals surface area contributed by atoms with Crippen molar-refractivity contribution in [2.45, 2.75) is 58.4 Å². The lowest BCUT2D eigenvalue weighted by Gasteiger charge is -2.44. The maximum absolute atomic E-state index is 13.5. The normalized spacial score (nSPS) is 19.8. The van der Waals surface area contributed by atoms with E-state index >= 15 is 0 Å². The van der Waals surface area contributed by atoms with Gasteiger partial charge in [-0.15, -0.1) is 13.2 Å². The van der Waals surface area contributed by atoms with Gasteiger partial charge in [0, 0.05) is 48.9 Å². The van der Waals surface area contributed by atoms with Crippen LogP contribution in [0.25, 0.3) is 0 Å². The van der Waals surface area contributed by atoms with E-state index in [0.29, 0.717) is 36.8 Å². The van der Waals surface area contributed by atoms with E-state index in [9.17, 15) is 24.1 Å². The number of piperazine rings is 1. The highest BCUT2D eigenvalue weighted by atomic mass is 19.1. The number of aromatic nitrogens is 2. The lowest BCUT2D eigenvalue weighted by atomic mass is 9.66. The minimum atomic E-state index is -2.30. The molecule has 1 atom stereocenters. The van der Waals surface area contributed by atoms with Gasteiger partial charge in [-0.3, -0.25) is 4.79 Å². The van der Waals surface area contributed by atoms with Crippen LogP contribution in [0.1, 0.15) is 52.5 Å². The minimum absolute atomic E-state index is 0.0369.